The summed E-state index contributed by atoms with van der Waals surface area (Å²) in [4.78, 5) is 0. The Hall–Kier alpha value is -0.183. The zero-order valence-corrected chi connectivity index (χ0v) is 7.15. The van der Waals surface area contributed by atoms with Crippen LogP contribution in [-0.4, -0.2) is 0 Å². The van der Waals surface area contributed by atoms with Gasteiger partial charge in [-0.25, -0.2) is 0 Å². The first kappa shape index (κ1) is 9.82. The second-order valence-electron chi connectivity index (χ2n) is 2.52. The summed E-state index contributed by atoms with van der Waals surface area (Å²) in [6.45, 7) is 6.24. The molecule has 0 bridgehead atoms. The molecule has 1 heteroatoms. The van der Waals surface area contributed by atoms with E-state index in [0.29, 0.717) is 0 Å². The number of hydrogen-bond acceptors (Lipinski definition) is 0. The van der Waals surface area contributed by atoms with E-state index in [0.717, 1.165) is 0 Å². The minimum absolute atomic E-state index is 0. The minimum Gasteiger partial charge on any atom is -0.177 e. The van der Waals surface area contributed by atoms with E-state index in [4.69, 9.17) is 0 Å². The molecule has 1 aromatic rings. The minimum atomic E-state index is 0. The van der Waals surface area contributed by atoms with Gasteiger partial charge in [0.25, 0.3) is 0 Å². The van der Waals surface area contributed by atoms with Gasteiger partial charge in [0.05, 0.1) is 0 Å². The van der Waals surface area contributed by atoms with Crippen molar-refractivity contribution in [2.75, 3.05) is 0 Å². The molecule has 0 radical (unpaired) electrons. The van der Waals surface area contributed by atoms with Crippen molar-refractivity contribution in [1.29, 1.82) is 0 Å². The van der Waals surface area contributed by atoms with E-state index in [1.807, 2.05) is 0 Å². The van der Waals surface area contributed by atoms with Crippen molar-refractivity contribution in [1.82, 2.24) is 0 Å². The fourth-order valence-corrected chi connectivity index (χ4v) is 1.11. The molecule has 0 atom stereocenters. The maximum atomic E-state index is 3.21. The quantitative estimate of drug-likeness (QED) is 0.322. The zero-order valence-electron chi connectivity index (χ0n) is 7.15. The van der Waals surface area contributed by atoms with Crippen molar-refractivity contribution in [3.8, 4) is 0 Å². The molecule has 10 heavy (non-hydrogen) atoms. The van der Waals surface area contributed by atoms with Crippen molar-refractivity contribution < 1.29 is 18.9 Å². The van der Waals surface area contributed by atoms with Gasteiger partial charge in [0, 0.05) is 0 Å². The van der Waals surface area contributed by atoms with E-state index in [-0.39, 0.29) is 18.9 Å². The summed E-state index contributed by atoms with van der Waals surface area (Å²) in [6.07, 6.45) is 0. The summed E-state index contributed by atoms with van der Waals surface area (Å²) < 4.78 is 0. The van der Waals surface area contributed by atoms with E-state index in [2.05, 4.69) is 39.0 Å². The van der Waals surface area contributed by atoms with Gasteiger partial charge < -0.3 is 0 Å². The molecular weight excluding hydrogens is 115 g/mol. The number of aryl methyl sites for hydroxylation is 3. The second kappa shape index (κ2) is 3.86. The molecule has 0 fully saturated rings. The Morgan fingerprint density at radius 3 is 1.70 bits per heavy atom. The standard InChI is InChI=1S/C9H11.Li/c1-7-4-8(2)6-9(3)5-7;/h4-5H,1-3H3;/q-1;+1. The fourth-order valence-electron chi connectivity index (χ4n) is 1.11. The van der Waals surface area contributed by atoms with Crippen LogP contribution >= 0.6 is 0 Å². The van der Waals surface area contributed by atoms with Gasteiger partial charge in [-0.05, 0) is 0 Å². The first-order valence-electron chi connectivity index (χ1n) is 3.15. The Kier molecular flexibility index (Phi) is 3.79. The van der Waals surface area contributed by atoms with Crippen LogP contribution in [0.25, 0.3) is 0 Å². The summed E-state index contributed by atoms with van der Waals surface area (Å²) >= 11 is 0. The normalized spacial score (nSPS) is 8.70. The molecule has 0 heterocycles. The van der Waals surface area contributed by atoms with Crippen LogP contribution in [-0.2, 0) is 0 Å². The summed E-state index contributed by atoms with van der Waals surface area (Å²) in [7, 11) is 0. The average Bonchev–Trinajstić information content (AvgIpc) is 1.59. The van der Waals surface area contributed by atoms with Crippen LogP contribution in [0.15, 0.2) is 12.1 Å². The monoisotopic (exact) mass is 126 g/mol. The van der Waals surface area contributed by atoms with Crippen molar-refractivity contribution in [3.05, 3.63) is 34.9 Å². The van der Waals surface area contributed by atoms with Gasteiger partial charge in [0.15, 0.2) is 0 Å². The van der Waals surface area contributed by atoms with Gasteiger partial charge >= 0.3 is 18.9 Å². The average molecular weight is 126 g/mol. The molecule has 0 aliphatic carbocycles. The fraction of sp³-hybridized carbons (Fsp3) is 0.333. The van der Waals surface area contributed by atoms with Gasteiger partial charge in [-0.2, -0.15) is 34.9 Å². The molecule has 0 amide bonds. The number of rotatable bonds is 0. The van der Waals surface area contributed by atoms with E-state index < -0.39 is 0 Å². The van der Waals surface area contributed by atoms with Crippen molar-refractivity contribution in [2.24, 2.45) is 0 Å². The SMILES string of the molecule is Cc1[c-]c(C)cc(C)c1.[Li+]. The maximum absolute atomic E-state index is 3.21. The van der Waals surface area contributed by atoms with E-state index in [1.54, 1.807) is 0 Å². The molecule has 0 saturated heterocycles. The van der Waals surface area contributed by atoms with Crippen molar-refractivity contribution in [2.45, 2.75) is 20.8 Å². The van der Waals surface area contributed by atoms with Crippen LogP contribution in [0.3, 0.4) is 0 Å². The molecule has 1 rings (SSSR count). The predicted octanol–water partition coefficient (Wildman–Crippen LogP) is -0.584. The largest absolute Gasteiger partial charge is 1.00 e. The van der Waals surface area contributed by atoms with Crippen LogP contribution < -0.4 is 18.9 Å². The Balaban J connectivity index is 0.000000810. The van der Waals surface area contributed by atoms with E-state index >= 15 is 0 Å². The van der Waals surface area contributed by atoms with Gasteiger partial charge in [0.2, 0.25) is 0 Å². The molecule has 0 nitrogen and oxygen atoms in total. The van der Waals surface area contributed by atoms with Crippen LogP contribution in [0.4, 0.5) is 0 Å². The maximum Gasteiger partial charge on any atom is 1.00 e. The first-order chi connectivity index (χ1) is 4.18. The first-order valence-corrected chi connectivity index (χ1v) is 3.15. The molecule has 0 N–H and O–H groups in total. The van der Waals surface area contributed by atoms with Gasteiger partial charge in [-0.3, -0.25) is 0 Å². The van der Waals surface area contributed by atoms with Gasteiger partial charge in [-0.1, -0.05) is 20.8 Å². The van der Waals surface area contributed by atoms with E-state index in [9.17, 15) is 0 Å². The molecule has 0 saturated carbocycles. The molecule has 0 unspecified atom stereocenters. The molecule has 0 aromatic heterocycles. The Morgan fingerprint density at radius 2 is 1.40 bits per heavy atom. The van der Waals surface area contributed by atoms with Crippen LogP contribution in [0, 0.1) is 26.8 Å². The molecule has 48 valence electrons. The third kappa shape index (κ3) is 2.60. The Bertz CT molecular complexity index is 165. The predicted molar refractivity (Wildman–Crippen MR) is 39.5 cm³/mol. The van der Waals surface area contributed by atoms with Gasteiger partial charge in [-0.15, -0.1) is 0 Å². The molecular formula is C9H11Li. The zero-order chi connectivity index (χ0) is 6.85. The summed E-state index contributed by atoms with van der Waals surface area (Å²) in [5, 5.41) is 0. The topological polar surface area (TPSA) is 0 Å². The number of benzene rings is 1. The molecule has 0 spiro atoms. The van der Waals surface area contributed by atoms with Crippen LogP contribution in [0.2, 0.25) is 0 Å². The third-order valence-corrected chi connectivity index (χ3v) is 1.28. The van der Waals surface area contributed by atoms with Gasteiger partial charge in [0.1, 0.15) is 0 Å². The molecule has 1 aromatic carbocycles. The summed E-state index contributed by atoms with van der Waals surface area (Å²) in [5.74, 6) is 0. The smallest absolute Gasteiger partial charge is 0.177 e. The molecule has 0 aliphatic heterocycles. The third-order valence-electron chi connectivity index (χ3n) is 1.28. The van der Waals surface area contributed by atoms with E-state index in [1.165, 1.54) is 16.7 Å². The van der Waals surface area contributed by atoms with Crippen molar-refractivity contribution in [3.63, 3.8) is 0 Å². The summed E-state index contributed by atoms with van der Waals surface area (Å²) in [6, 6.07) is 7.47. The second-order valence-corrected chi connectivity index (χ2v) is 2.52. The molecule has 0 aliphatic rings. The summed E-state index contributed by atoms with van der Waals surface area (Å²) in [5.41, 5.74) is 3.78. The number of hydrogen-bond donors (Lipinski definition) is 0. The Morgan fingerprint density at radius 1 is 1.00 bits per heavy atom. The van der Waals surface area contributed by atoms with Crippen LogP contribution in [0.5, 0.6) is 0 Å². The van der Waals surface area contributed by atoms with Crippen LogP contribution in [0.1, 0.15) is 16.7 Å². The van der Waals surface area contributed by atoms with Crippen molar-refractivity contribution >= 4 is 0 Å². The Labute approximate surface area is 74.8 Å².